The lowest BCUT2D eigenvalue weighted by Gasteiger charge is -2.06. The lowest BCUT2D eigenvalue weighted by molar-refractivity contribution is -0.119. The minimum absolute atomic E-state index is 0.118. The van der Waals surface area contributed by atoms with Gasteiger partial charge in [-0.1, -0.05) is 12.1 Å². The van der Waals surface area contributed by atoms with Gasteiger partial charge in [-0.25, -0.2) is 13.2 Å². The minimum Gasteiger partial charge on any atom is -0.452 e. The third kappa shape index (κ3) is 5.70. The summed E-state index contributed by atoms with van der Waals surface area (Å²) in [5, 5.41) is 13.4. The molecule has 0 atom stereocenters. The van der Waals surface area contributed by atoms with Crippen molar-refractivity contribution in [2.75, 3.05) is 18.2 Å². The molecule has 0 saturated heterocycles. The van der Waals surface area contributed by atoms with E-state index < -0.39 is 28.3 Å². The van der Waals surface area contributed by atoms with Gasteiger partial charge in [-0.2, -0.15) is 5.26 Å². The van der Waals surface area contributed by atoms with Crippen molar-refractivity contribution in [3.05, 3.63) is 52.4 Å². The van der Waals surface area contributed by atoms with E-state index in [0.29, 0.717) is 16.1 Å². The number of ether oxygens (including phenoxy) is 1. The fourth-order valence-corrected chi connectivity index (χ4v) is 3.46. The van der Waals surface area contributed by atoms with Crippen LogP contribution in [-0.2, 0) is 25.1 Å². The van der Waals surface area contributed by atoms with E-state index in [1.807, 2.05) is 6.07 Å². The molecule has 0 unspecified atom stereocenters. The molecule has 0 radical (unpaired) electrons. The summed E-state index contributed by atoms with van der Waals surface area (Å²) in [5.41, 5.74) is 1.10. The molecule has 9 heteroatoms. The number of amides is 1. The highest BCUT2D eigenvalue weighted by Gasteiger charge is 2.13. The molecule has 130 valence electrons. The summed E-state index contributed by atoms with van der Waals surface area (Å²) >= 11 is 1.20. The number of anilines is 1. The van der Waals surface area contributed by atoms with Gasteiger partial charge in [-0.3, -0.25) is 4.79 Å². The first-order valence-corrected chi connectivity index (χ1v) is 9.94. The molecule has 1 N–H and O–H groups in total. The van der Waals surface area contributed by atoms with Gasteiger partial charge in [0.15, 0.2) is 16.4 Å². The summed E-state index contributed by atoms with van der Waals surface area (Å²) in [6, 6.07) is 9.42. The number of nitriles is 1. The molecule has 1 amide bonds. The molecule has 0 fully saturated rings. The topological polar surface area (TPSA) is 113 Å². The molecule has 0 aliphatic rings. The van der Waals surface area contributed by atoms with Crippen molar-refractivity contribution in [1.82, 2.24) is 0 Å². The van der Waals surface area contributed by atoms with Crippen molar-refractivity contribution >= 4 is 38.1 Å². The number of hydrogen-bond donors (Lipinski definition) is 1. The number of hydrogen-bond acceptors (Lipinski definition) is 7. The number of carbonyl (C=O) groups is 2. The van der Waals surface area contributed by atoms with Crippen LogP contribution in [0.2, 0.25) is 0 Å². The number of rotatable bonds is 6. The van der Waals surface area contributed by atoms with Gasteiger partial charge in [0.2, 0.25) is 0 Å². The Kier molecular flexibility index (Phi) is 5.90. The van der Waals surface area contributed by atoms with Crippen LogP contribution < -0.4 is 5.32 Å². The van der Waals surface area contributed by atoms with E-state index in [9.17, 15) is 18.0 Å². The first-order valence-electron chi connectivity index (χ1n) is 7.00. The Balaban J connectivity index is 1.89. The van der Waals surface area contributed by atoms with Gasteiger partial charge in [0, 0.05) is 6.26 Å². The molecule has 1 aromatic carbocycles. The van der Waals surface area contributed by atoms with Crippen LogP contribution in [0, 0.1) is 11.3 Å². The Bertz CT molecular complexity index is 924. The van der Waals surface area contributed by atoms with Crippen LogP contribution >= 0.6 is 11.3 Å². The second-order valence-electron chi connectivity index (χ2n) is 5.17. The standard InChI is InChI=1S/C16H14N2O5S2/c1-25(21,22)10-11-2-4-12(5-3-11)16(20)23-9-14(19)18-15-13(8-17)6-7-24-15/h2-7H,9-10H2,1H3,(H,18,19). The van der Waals surface area contributed by atoms with Crippen molar-refractivity contribution in [2.24, 2.45) is 0 Å². The molecule has 2 aromatic rings. The summed E-state index contributed by atoms with van der Waals surface area (Å²) in [6.45, 7) is -0.493. The first-order chi connectivity index (χ1) is 11.8. The Hall–Kier alpha value is -2.70. The van der Waals surface area contributed by atoms with Crippen LogP contribution in [-0.4, -0.2) is 33.2 Å². The zero-order chi connectivity index (χ0) is 18.4. The Morgan fingerprint density at radius 3 is 2.52 bits per heavy atom. The summed E-state index contributed by atoms with van der Waals surface area (Å²) in [5.74, 6) is -1.37. The zero-order valence-electron chi connectivity index (χ0n) is 13.2. The first kappa shape index (κ1) is 18.6. The summed E-state index contributed by atoms with van der Waals surface area (Å²) in [6.07, 6.45) is 1.12. The van der Waals surface area contributed by atoms with Gasteiger partial charge in [0.05, 0.1) is 16.9 Å². The maximum absolute atomic E-state index is 11.9. The van der Waals surface area contributed by atoms with Crippen LogP contribution in [0.5, 0.6) is 0 Å². The number of nitrogens with one attached hydrogen (secondary N) is 1. The van der Waals surface area contributed by atoms with Gasteiger partial charge >= 0.3 is 5.97 Å². The van der Waals surface area contributed by atoms with Gasteiger partial charge in [-0.05, 0) is 29.1 Å². The van der Waals surface area contributed by atoms with Crippen LogP contribution in [0.15, 0.2) is 35.7 Å². The molecule has 7 nitrogen and oxygen atoms in total. The largest absolute Gasteiger partial charge is 0.452 e. The third-order valence-corrected chi connectivity index (χ3v) is 4.68. The van der Waals surface area contributed by atoms with Gasteiger partial charge in [0.1, 0.15) is 11.1 Å². The predicted octanol–water partition coefficient (Wildman–Crippen LogP) is 1.96. The fourth-order valence-electron chi connectivity index (χ4n) is 1.91. The highest BCUT2D eigenvalue weighted by Crippen LogP contribution is 2.21. The van der Waals surface area contributed by atoms with E-state index in [2.05, 4.69) is 5.32 Å². The molecule has 1 heterocycles. The maximum Gasteiger partial charge on any atom is 0.338 e. The average molecular weight is 378 g/mol. The summed E-state index contributed by atoms with van der Waals surface area (Å²) in [7, 11) is -3.15. The lowest BCUT2D eigenvalue weighted by Crippen LogP contribution is -2.20. The van der Waals surface area contributed by atoms with Crippen molar-refractivity contribution in [3.8, 4) is 6.07 Å². The average Bonchev–Trinajstić information content (AvgIpc) is 2.99. The van der Waals surface area contributed by atoms with Crippen molar-refractivity contribution in [1.29, 1.82) is 5.26 Å². The van der Waals surface area contributed by atoms with Gasteiger partial charge < -0.3 is 10.1 Å². The lowest BCUT2D eigenvalue weighted by atomic mass is 10.1. The van der Waals surface area contributed by atoms with Gasteiger partial charge in [0.25, 0.3) is 5.91 Å². The maximum atomic E-state index is 11.9. The summed E-state index contributed by atoms with van der Waals surface area (Å²) in [4.78, 5) is 23.7. The number of thiophene rings is 1. The minimum atomic E-state index is -3.15. The van der Waals surface area contributed by atoms with Crippen molar-refractivity contribution < 1.29 is 22.7 Å². The molecule has 0 aliphatic carbocycles. The van der Waals surface area contributed by atoms with E-state index in [4.69, 9.17) is 10.00 Å². The van der Waals surface area contributed by atoms with Crippen LogP contribution in [0.3, 0.4) is 0 Å². The quantitative estimate of drug-likeness (QED) is 0.769. The summed E-state index contributed by atoms with van der Waals surface area (Å²) < 4.78 is 27.3. The second kappa shape index (κ2) is 7.92. The Labute approximate surface area is 148 Å². The van der Waals surface area contributed by atoms with Crippen LogP contribution in [0.4, 0.5) is 5.00 Å². The number of esters is 1. The van der Waals surface area contributed by atoms with E-state index in [-0.39, 0.29) is 11.3 Å². The van der Waals surface area contributed by atoms with E-state index >= 15 is 0 Å². The third-order valence-electron chi connectivity index (χ3n) is 2.99. The van der Waals surface area contributed by atoms with Gasteiger partial charge in [-0.15, -0.1) is 11.3 Å². The molecule has 0 aliphatic heterocycles. The van der Waals surface area contributed by atoms with E-state index in [0.717, 1.165) is 6.26 Å². The predicted molar refractivity (Wildman–Crippen MR) is 92.9 cm³/mol. The SMILES string of the molecule is CS(=O)(=O)Cc1ccc(C(=O)OCC(=O)Nc2sccc2C#N)cc1. The smallest absolute Gasteiger partial charge is 0.338 e. The zero-order valence-corrected chi connectivity index (χ0v) is 14.8. The van der Waals surface area contributed by atoms with Crippen LogP contribution in [0.25, 0.3) is 0 Å². The van der Waals surface area contributed by atoms with Crippen molar-refractivity contribution in [3.63, 3.8) is 0 Å². The molecule has 2 rings (SSSR count). The molecule has 0 bridgehead atoms. The van der Waals surface area contributed by atoms with E-state index in [1.54, 1.807) is 11.4 Å². The highest BCUT2D eigenvalue weighted by molar-refractivity contribution is 7.89. The Morgan fingerprint density at radius 1 is 1.24 bits per heavy atom. The number of sulfone groups is 1. The van der Waals surface area contributed by atoms with Crippen LogP contribution in [0.1, 0.15) is 21.5 Å². The Morgan fingerprint density at radius 2 is 1.92 bits per heavy atom. The number of benzene rings is 1. The fraction of sp³-hybridized carbons (Fsp3) is 0.188. The monoisotopic (exact) mass is 378 g/mol. The number of nitrogens with zero attached hydrogens (tertiary/aromatic N) is 1. The molecular formula is C16H14N2O5S2. The molecule has 0 spiro atoms. The van der Waals surface area contributed by atoms with E-state index in [1.165, 1.54) is 35.6 Å². The second-order valence-corrected chi connectivity index (χ2v) is 8.22. The normalized spacial score (nSPS) is 10.7. The highest BCUT2D eigenvalue weighted by atomic mass is 32.2. The molecule has 1 aromatic heterocycles. The number of carbonyl (C=O) groups excluding carboxylic acids is 2. The van der Waals surface area contributed by atoms with Crippen molar-refractivity contribution in [2.45, 2.75) is 5.75 Å². The molecule has 25 heavy (non-hydrogen) atoms. The molecule has 0 saturated carbocycles. The molecular weight excluding hydrogens is 364 g/mol.